The lowest BCUT2D eigenvalue weighted by Gasteiger charge is -2.25. The third kappa shape index (κ3) is 9.47. The highest BCUT2D eigenvalue weighted by Gasteiger charge is 2.18. The van der Waals surface area contributed by atoms with Gasteiger partial charge in [0, 0.05) is 19.6 Å². The largest absolute Gasteiger partial charge is 0.481 e. The van der Waals surface area contributed by atoms with Gasteiger partial charge in [0.25, 0.3) is 0 Å². The monoisotopic (exact) mass is 272 g/mol. The zero-order valence-electron chi connectivity index (χ0n) is 12.6. The van der Waals surface area contributed by atoms with Crippen LogP contribution in [0.2, 0.25) is 0 Å². The maximum absolute atomic E-state index is 11.8. The number of nitrogens with zero attached hydrogens (tertiary/aromatic N) is 1. The number of hydrogen-bond acceptors (Lipinski definition) is 3. The van der Waals surface area contributed by atoms with Crippen molar-refractivity contribution in [1.29, 1.82) is 0 Å². The van der Waals surface area contributed by atoms with E-state index in [1.54, 1.807) is 6.92 Å². The van der Waals surface area contributed by atoms with Crippen molar-refractivity contribution in [2.45, 2.75) is 40.5 Å². The van der Waals surface area contributed by atoms with E-state index in [0.717, 1.165) is 19.4 Å². The summed E-state index contributed by atoms with van der Waals surface area (Å²) >= 11 is 0. The molecule has 1 unspecified atom stereocenters. The minimum Gasteiger partial charge on any atom is -0.481 e. The zero-order valence-corrected chi connectivity index (χ0v) is 12.6. The third-order valence-electron chi connectivity index (χ3n) is 2.80. The molecule has 0 aliphatic carbocycles. The lowest BCUT2D eigenvalue weighted by Crippen LogP contribution is -2.42. The van der Waals surface area contributed by atoms with Gasteiger partial charge in [0.15, 0.2) is 0 Å². The molecule has 0 spiro atoms. The molecule has 5 nitrogen and oxygen atoms in total. The number of carboxylic acid groups (broad SMARTS) is 1. The highest BCUT2D eigenvalue weighted by molar-refractivity contribution is 5.78. The van der Waals surface area contributed by atoms with Crippen molar-refractivity contribution in [1.82, 2.24) is 10.2 Å². The first kappa shape index (κ1) is 17.9. The molecule has 5 heteroatoms. The van der Waals surface area contributed by atoms with Crippen molar-refractivity contribution in [2.75, 3.05) is 26.2 Å². The van der Waals surface area contributed by atoms with Crippen molar-refractivity contribution in [3.8, 4) is 0 Å². The molecule has 112 valence electrons. The maximum Gasteiger partial charge on any atom is 0.307 e. The number of nitrogens with one attached hydrogen (secondary N) is 1. The van der Waals surface area contributed by atoms with E-state index in [1.165, 1.54) is 0 Å². The summed E-state index contributed by atoms with van der Waals surface area (Å²) in [7, 11) is 0. The molecule has 0 bridgehead atoms. The number of unbranched alkanes of at least 4 members (excludes halogenated alkanes) is 1. The molecule has 0 radical (unpaired) electrons. The summed E-state index contributed by atoms with van der Waals surface area (Å²) in [5, 5.41) is 11.8. The molecule has 0 saturated carbocycles. The molecule has 0 aromatic heterocycles. The van der Waals surface area contributed by atoms with Gasteiger partial charge in [0.05, 0.1) is 12.5 Å². The second-order valence-corrected chi connectivity index (χ2v) is 5.53. The van der Waals surface area contributed by atoms with Crippen molar-refractivity contribution in [3.05, 3.63) is 0 Å². The first-order chi connectivity index (χ1) is 8.86. The molecule has 0 aromatic carbocycles. The standard InChI is InChI=1S/C14H28N2O3/c1-5-6-7-15-13(17)10-16(8-11(2)3)9-12(4)14(18)19/h11-12H,5-10H2,1-4H3,(H,15,17)(H,18,19). The summed E-state index contributed by atoms with van der Waals surface area (Å²) in [4.78, 5) is 24.6. The molecule has 1 amide bonds. The van der Waals surface area contributed by atoms with E-state index in [0.29, 0.717) is 19.0 Å². The minimum absolute atomic E-state index is 0.0216. The van der Waals surface area contributed by atoms with Gasteiger partial charge >= 0.3 is 5.97 Å². The van der Waals surface area contributed by atoms with E-state index in [1.807, 2.05) is 4.90 Å². The van der Waals surface area contributed by atoms with Gasteiger partial charge in [-0.05, 0) is 12.3 Å². The Morgan fingerprint density at radius 3 is 2.32 bits per heavy atom. The molecular formula is C14H28N2O3. The Balaban J connectivity index is 4.25. The Kier molecular flexibility index (Phi) is 9.21. The highest BCUT2D eigenvalue weighted by Crippen LogP contribution is 2.04. The second-order valence-electron chi connectivity index (χ2n) is 5.53. The number of rotatable bonds is 10. The predicted molar refractivity (Wildman–Crippen MR) is 76.0 cm³/mol. The number of aliphatic carboxylic acids is 1. The molecule has 19 heavy (non-hydrogen) atoms. The van der Waals surface area contributed by atoms with Crippen LogP contribution in [0.5, 0.6) is 0 Å². The van der Waals surface area contributed by atoms with Crippen LogP contribution in [0.25, 0.3) is 0 Å². The van der Waals surface area contributed by atoms with Gasteiger partial charge in [-0.2, -0.15) is 0 Å². The summed E-state index contributed by atoms with van der Waals surface area (Å²) in [5.74, 6) is -0.890. The summed E-state index contributed by atoms with van der Waals surface area (Å²) in [6, 6.07) is 0. The fourth-order valence-corrected chi connectivity index (χ4v) is 1.85. The molecule has 0 heterocycles. The first-order valence-corrected chi connectivity index (χ1v) is 7.08. The highest BCUT2D eigenvalue weighted by atomic mass is 16.4. The Morgan fingerprint density at radius 1 is 1.21 bits per heavy atom. The smallest absolute Gasteiger partial charge is 0.307 e. The fraction of sp³-hybridized carbons (Fsp3) is 0.857. The number of carbonyl (C=O) groups excluding carboxylic acids is 1. The summed E-state index contributed by atoms with van der Waals surface area (Å²) in [5.41, 5.74) is 0. The molecular weight excluding hydrogens is 244 g/mol. The van der Waals surface area contributed by atoms with Gasteiger partial charge in [0.2, 0.25) is 5.91 Å². The second kappa shape index (κ2) is 9.78. The minimum atomic E-state index is -0.819. The van der Waals surface area contributed by atoms with E-state index in [9.17, 15) is 9.59 Å². The third-order valence-corrected chi connectivity index (χ3v) is 2.80. The van der Waals surface area contributed by atoms with E-state index in [2.05, 4.69) is 26.1 Å². The number of carbonyl (C=O) groups is 2. The molecule has 0 aliphatic rings. The number of carboxylic acids is 1. The predicted octanol–water partition coefficient (Wildman–Crippen LogP) is 1.58. The van der Waals surface area contributed by atoms with Crippen LogP contribution in [0, 0.1) is 11.8 Å². The molecule has 0 fully saturated rings. The Bertz CT molecular complexity index is 280. The Labute approximate surface area is 116 Å². The van der Waals surface area contributed by atoms with Gasteiger partial charge in [-0.25, -0.2) is 0 Å². The quantitative estimate of drug-likeness (QED) is 0.592. The summed E-state index contributed by atoms with van der Waals surface area (Å²) in [6.45, 7) is 9.99. The Morgan fingerprint density at radius 2 is 1.84 bits per heavy atom. The fourth-order valence-electron chi connectivity index (χ4n) is 1.85. The zero-order chi connectivity index (χ0) is 14.8. The van der Waals surface area contributed by atoms with Crippen molar-refractivity contribution >= 4 is 11.9 Å². The molecule has 0 rings (SSSR count). The summed E-state index contributed by atoms with van der Waals surface area (Å²) < 4.78 is 0. The molecule has 0 aliphatic heterocycles. The van der Waals surface area contributed by atoms with E-state index in [-0.39, 0.29) is 12.5 Å². The molecule has 2 N–H and O–H groups in total. The van der Waals surface area contributed by atoms with Crippen LogP contribution in [0.1, 0.15) is 40.5 Å². The van der Waals surface area contributed by atoms with Crippen LogP contribution >= 0.6 is 0 Å². The maximum atomic E-state index is 11.8. The van der Waals surface area contributed by atoms with Crippen LogP contribution in [0.3, 0.4) is 0 Å². The van der Waals surface area contributed by atoms with Crippen molar-refractivity contribution in [2.24, 2.45) is 11.8 Å². The molecule has 1 atom stereocenters. The topological polar surface area (TPSA) is 69.6 Å². The van der Waals surface area contributed by atoms with E-state index in [4.69, 9.17) is 5.11 Å². The Hall–Kier alpha value is -1.10. The molecule has 0 saturated heterocycles. The lowest BCUT2D eigenvalue weighted by atomic mass is 10.1. The van der Waals surface area contributed by atoms with Crippen LogP contribution in [-0.2, 0) is 9.59 Å². The van der Waals surface area contributed by atoms with Crippen LogP contribution in [0.15, 0.2) is 0 Å². The average Bonchev–Trinajstić information content (AvgIpc) is 2.27. The van der Waals surface area contributed by atoms with Gasteiger partial charge in [0.1, 0.15) is 0 Å². The average molecular weight is 272 g/mol. The van der Waals surface area contributed by atoms with Gasteiger partial charge in [-0.3, -0.25) is 14.5 Å². The van der Waals surface area contributed by atoms with E-state index < -0.39 is 11.9 Å². The van der Waals surface area contributed by atoms with Crippen LogP contribution in [-0.4, -0.2) is 48.1 Å². The SMILES string of the molecule is CCCCNC(=O)CN(CC(C)C)CC(C)C(=O)O. The van der Waals surface area contributed by atoms with E-state index >= 15 is 0 Å². The first-order valence-electron chi connectivity index (χ1n) is 7.08. The summed E-state index contributed by atoms with van der Waals surface area (Å²) in [6.07, 6.45) is 2.02. The van der Waals surface area contributed by atoms with Gasteiger partial charge < -0.3 is 10.4 Å². The van der Waals surface area contributed by atoms with Crippen molar-refractivity contribution < 1.29 is 14.7 Å². The lowest BCUT2D eigenvalue weighted by molar-refractivity contribution is -0.142. The normalized spacial score (nSPS) is 12.7. The van der Waals surface area contributed by atoms with Gasteiger partial charge in [-0.15, -0.1) is 0 Å². The molecule has 0 aromatic rings. The van der Waals surface area contributed by atoms with Crippen LogP contribution in [0.4, 0.5) is 0 Å². The number of amides is 1. The van der Waals surface area contributed by atoms with Crippen molar-refractivity contribution in [3.63, 3.8) is 0 Å². The number of hydrogen-bond donors (Lipinski definition) is 2. The van der Waals surface area contributed by atoms with Crippen LogP contribution < -0.4 is 5.32 Å². The van der Waals surface area contributed by atoms with Gasteiger partial charge in [-0.1, -0.05) is 34.1 Å².